The van der Waals surface area contributed by atoms with Crippen LogP contribution in [-0.2, 0) is 4.79 Å². The molecule has 0 radical (unpaired) electrons. The van der Waals surface area contributed by atoms with Gasteiger partial charge in [0.1, 0.15) is 4.33 Å². The number of anilines is 1. The molecule has 0 aliphatic heterocycles. The molecule has 2 aliphatic rings. The Bertz CT molecular complexity index is 1120. The van der Waals surface area contributed by atoms with E-state index in [1.807, 2.05) is 0 Å². The molecule has 2 aromatic carbocycles. The maximum Gasteiger partial charge on any atom is 0.270 e. The van der Waals surface area contributed by atoms with Gasteiger partial charge in [-0.2, -0.15) is 0 Å². The van der Waals surface area contributed by atoms with Crippen LogP contribution in [0.1, 0.15) is 28.3 Å². The Hall–Kier alpha value is -1.02. The minimum Gasteiger partial charge on any atom is -0.343 e. The third-order valence-corrected chi connectivity index (χ3v) is 7.78. The summed E-state index contributed by atoms with van der Waals surface area (Å²) in [5, 5.41) is 5.43. The molecule has 32 heavy (non-hydrogen) atoms. The molecule has 2 saturated carbocycles. The van der Waals surface area contributed by atoms with E-state index in [0.717, 1.165) is 0 Å². The van der Waals surface area contributed by atoms with Crippen LogP contribution < -0.4 is 10.6 Å². The summed E-state index contributed by atoms with van der Waals surface area (Å²) >= 11 is 36.8. The van der Waals surface area contributed by atoms with Gasteiger partial charge in [-0.1, -0.05) is 46.4 Å². The molecule has 0 heterocycles. The molecular weight excluding hydrogens is 551 g/mol. The summed E-state index contributed by atoms with van der Waals surface area (Å²) in [4.78, 5) is 25.1. The fourth-order valence-corrected chi connectivity index (χ4v) is 5.07. The molecule has 12 heteroatoms. The van der Waals surface area contributed by atoms with Gasteiger partial charge in [-0.25, -0.2) is 8.78 Å². The van der Waals surface area contributed by atoms with E-state index in [1.165, 1.54) is 30.3 Å². The van der Waals surface area contributed by atoms with Crippen LogP contribution in [0.4, 0.5) is 14.5 Å². The molecule has 0 spiro atoms. The number of carbonyl (C=O) groups is 2. The average molecular weight is 563 g/mol. The van der Waals surface area contributed by atoms with Crippen LogP contribution >= 0.6 is 69.6 Å². The largest absolute Gasteiger partial charge is 0.343 e. The Labute approximate surface area is 211 Å². The first-order valence-electron chi connectivity index (χ1n) is 9.14. The molecule has 0 saturated heterocycles. The highest BCUT2D eigenvalue weighted by atomic mass is 35.5. The lowest BCUT2D eigenvalue weighted by Gasteiger charge is -2.10. The van der Waals surface area contributed by atoms with Gasteiger partial charge in [0.25, 0.3) is 11.8 Å². The zero-order chi connectivity index (χ0) is 23.6. The summed E-state index contributed by atoms with van der Waals surface area (Å²) in [5.41, 5.74) is 0.698. The van der Waals surface area contributed by atoms with Crippen molar-refractivity contribution in [2.75, 3.05) is 5.32 Å². The van der Waals surface area contributed by atoms with Gasteiger partial charge in [0.05, 0.1) is 37.6 Å². The summed E-state index contributed by atoms with van der Waals surface area (Å²) < 4.78 is 24.8. The summed E-state index contributed by atoms with van der Waals surface area (Å²) in [6.45, 7) is 0. The second-order valence-corrected chi connectivity index (χ2v) is 10.6. The zero-order valence-electron chi connectivity index (χ0n) is 15.7. The van der Waals surface area contributed by atoms with E-state index in [4.69, 9.17) is 69.6 Å². The van der Waals surface area contributed by atoms with Crippen molar-refractivity contribution in [3.8, 4) is 0 Å². The minimum atomic E-state index is -2.92. The molecule has 4 rings (SSSR count). The average Bonchev–Trinajstić information content (AvgIpc) is 3.50. The van der Waals surface area contributed by atoms with E-state index in [1.54, 1.807) is 0 Å². The number of benzene rings is 2. The van der Waals surface area contributed by atoms with Crippen LogP contribution in [0.15, 0.2) is 30.3 Å². The van der Waals surface area contributed by atoms with Crippen molar-refractivity contribution in [2.45, 2.75) is 28.6 Å². The van der Waals surface area contributed by atoms with Gasteiger partial charge in [-0.05, 0) is 35.9 Å². The molecule has 2 aliphatic carbocycles. The van der Waals surface area contributed by atoms with Crippen molar-refractivity contribution < 1.29 is 18.4 Å². The van der Waals surface area contributed by atoms with E-state index in [2.05, 4.69) is 10.6 Å². The number of hydrogen-bond donors (Lipinski definition) is 2. The predicted molar refractivity (Wildman–Crippen MR) is 123 cm³/mol. The summed E-state index contributed by atoms with van der Waals surface area (Å²) in [6, 6.07) is 5.95. The highest BCUT2D eigenvalue weighted by molar-refractivity contribution is 6.54. The van der Waals surface area contributed by atoms with Crippen molar-refractivity contribution >= 4 is 87.1 Å². The van der Waals surface area contributed by atoms with Gasteiger partial charge < -0.3 is 10.6 Å². The first kappa shape index (κ1) is 24.1. The lowest BCUT2D eigenvalue weighted by Crippen LogP contribution is -2.29. The minimum absolute atomic E-state index is 0.0447. The molecular formula is C20H12Cl6F2N2O2. The maximum absolute atomic E-state index is 13.1. The molecule has 0 bridgehead atoms. The second kappa shape index (κ2) is 8.33. The third-order valence-electron chi connectivity index (χ3n) is 5.31. The smallest absolute Gasteiger partial charge is 0.270 e. The fraction of sp³-hybridized carbons (Fsp3) is 0.300. The Morgan fingerprint density at radius 2 is 1.56 bits per heavy atom. The molecule has 2 aromatic rings. The first-order valence-corrected chi connectivity index (χ1v) is 11.4. The molecule has 3 atom stereocenters. The normalized spacial score (nSPS) is 24.6. The Morgan fingerprint density at radius 3 is 2.12 bits per heavy atom. The molecule has 2 N–H and O–H groups in total. The first-order chi connectivity index (χ1) is 14.8. The van der Waals surface area contributed by atoms with Crippen LogP contribution in [0.5, 0.6) is 0 Å². The summed E-state index contributed by atoms with van der Waals surface area (Å²) in [6.07, 6.45) is -0.428. The Kier molecular flexibility index (Phi) is 6.28. The van der Waals surface area contributed by atoms with Crippen molar-refractivity contribution in [3.63, 3.8) is 0 Å². The SMILES string of the molecule is O=C(NC1CC1(F)F)c1cc(NC(=O)C2C(c3cc(Cl)c(Cl)c(Cl)c3)C2(Cl)Cl)ccc1Cl. The lowest BCUT2D eigenvalue weighted by atomic mass is 10.1. The van der Waals surface area contributed by atoms with Gasteiger partial charge in [0, 0.05) is 18.0 Å². The van der Waals surface area contributed by atoms with Gasteiger partial charge >= 0.3 is 0 Å². The van der Waals surface area contributed by atoms with E-state index in [9.17, 15) is 18.4 Å². The summed E-state index contributed by atoms with van der Waals surface area (Å²) in [7, 11) is 0. The van der Waals surface area contributed by atoms with Crippen molar-refractivity contribution in [3.05, 3.63) is 61.5 Å². The molecule has 2 amide bonds. The lowest BCUT2D eigenvalue weighted by molar-refractivity contribution is -0.117. The maximum atomic E-state index is 13.1. The third kappa shape index (κ3) is 4.50. The molecule has 3 unspecified atom stereocenters. The van der Waals surface area contributed by atoms with E-state index in [-0.39, 0.29) is 31.3 Å². The van der Waals surface area contributed by atoms with E-state index in [0.29, 0.717) is 5.56 Å². The molecule has 0 aromatic heterocycles. The summed E-state index contributed by atoms with van der Waals surface area (Å²) in [5.74, 6) is -5.67. The number of halogens is 8. The molecule has 170 valence electrons. The quantitative estimate of drug-likeness (QED) is 0.306. The van der Waals surface area contributed by atoms with Crippen molar-refractivity contribution in [1.82, 2.24) is 5.32 Å². The predicted octanol–water partition coefficient (Wildman–Crippen LogP) is 6.96. The molecule has 4 nitrogen and oxygen atoms in total. The number of rotatable bonds is 5. The van der Waals surface area contributed by atoms with Gasteiger partial charge in [-0.3, -0.25) is 9.59 Å². The Morgan fingerprint density at radius 1 is 0.969 bits per heavy atom. The van der Waals surface area contributed by atoms with Crippen LogP contribution in [0.2, 0.25) is 20.1 Å². The fourth-order valence-electron chi connectivity index (χ4n) is 3.43. The zero-order valence-corrected chi connectivity index (χ0v) is 20.2. The number of nitrogens with one attached hydrogen (secondary N) is 2. The number of carbonyl (C=O) groups excluding carboxylic acids is 2. The highest BCUT2D eigenvalue weighted by Crippen LogP contribution is 2.65. The highest BCUT2D eigenvalue weighted by Gasteiger charge is 2.67. The number of amides is 2. The van der Waals surface area contributed by atoms with Crippen LogP contribution in [0, 0.1) is 5.92 Å². The van der Waals surface area contributed by atoms with E-state index >= 15 is 0 Å². The molecule has 2 fully saturated rings. The van der Waals surface area contributed by atoms with Crippen LogP contribution in [0.3, 0.4) is 0 Å². The van der Waals surface area contributed by atoms with Crippen LogP contribution in [-0.4, -0.2) is 28.1 Å². The van der Waals surface area contributed by atoms with Gasteiger partial charge in [0.15, 0.2) is 0 Å². The van der Waals surface area contributed by atoms with Crippen molar-refractivity contribution in [2.24, 2.45) is 5.92 Å². The number of alkyl halides is 4. The van der Waals surface area contributed by atoms with E-state index < -0.39 is 46.4 Å². The Balaban J connectivity index is 1.50. The van der Waals surface area contributed by atoms with Crippen molar-refractivity contribution in [1.29, 1.82) is 0 Å². The topological polar surface area (TPSA) is 58.2 Å². The van der Waals surface area contributed by atoms with Crippen LogP contribution in [0.25, 0.3) is 0 Å². The monoisotopic (exact) mass is 560 g/mol. The van der Waals surface area contributed by atoms with Gasteiger partial charge in [-0.15, -0.1) is 23.2 Å². The second-order valence-electron chi connectivity index (χ2n) is 7.60. The van der Waals surface area contributed by atoms with Gasteiger partial charge in [0.2, 0.25) is 5.91 Å². The standard InChI is InChI=1S/C20H12Cl6F2N2O2/c21-10-2-1-8(5-9(10)17(31)30-13-6-19(13,27)28)29-18(32)15-14(20(15,25)26)7-3-11(22)16(24)12(23)4-7/h1-5,13-15H,6H2,(H,29,32)(H,30,31). The number of hydrogen-bond acceptors (Lipinski definition) is 2.